The molecular weight excluding hydrogens is 281 g/mol. The summed E-state index contributed by atoms with van der Waals surface area (Å²) in [5.74, 6) is 1.25. The Bertz CT molecular complexity index is 505. The molecule has 1 aliphatic heterocycles. The highest BCUT2D eigenvalue weighted by atomic mass is 35.5. The molecule has 3 rings (SSSR count). The molecule has 0 radical (unpaired) electrons. The lowest BCUT2D eigenvalue weighted by Crippen LogP contribution is -2.47. The van der Waals surface area contributed by atoms with Crippen LogP contribution in [0.4, 0.5) is 0 Å². The van der Waals surface area contributed by atoms with Crippen molar-refractivity contribution in [2.24, 2.45) is 10.7 Å². The molecule has 102 valence electrons. The number of nitrogens with zero attached hydrogens (tertiary/aromatic N) is 2. The molecule has 5 heteroatoms. The maximum absolute atomic E-state index is 6.04. The van der Waals surface area contributed by atoms with Gasteiger partial charge in [-0.2, -0.15) is 0 Å². The van der Waals surface area contributed by atoms with Gasteiger partial charge in [0.25, 0.3) is 0 Å². The molecule has 0 bridgehead atoms. The topological polar surface area (TPSA) is 41.6 Å². The molecule has 0 atom stereocenters. The van der Waals surface area contributed by atoms with Gasteiger partial charge in [-0.15, -0.1) is 0 Å². The Labute approximate surface area is 123 Å². The standard InChI is InChI=1S/C14H17Cl2N3/c15-12-3-2-9(8-13(12)16)10-6-11(7-10)18-14(17)19-4-1-5-19/h2-3,8,10-11H,1,4-7H2,(H2,17,18). The minimum Gasteiger partial charge on any atom is -0.370 e. The first-order valence-electron chi connectivity index (χ1n) is 6.66. The van der Waals surface area contributed by atoms with E-state index in [2.05, 4.69) is 16.0 Å². The lowest BCUT2D eigenvalue weighted by atomic mass is 9.76. The van der Waals surface area contributed by atoms with Gasteiger partial charge < -0.3 is 10.6 Å². The van der Waals surface area contributed by atoms with Gasteiger partial charge in [-0.1, -0.05) is 29.3 Å². The minimum absolute atomic E-state index is 0.361. The summed E-state index contributed by atoms with van der Waals surface area (Å²) < 4.78 is 0. The molecule has 0 unspecified atom stereocenters. The second kappa shape index (κ2) is 5.22. The van der Waals surface area contributed by atoms with Crippen molar-refractivity contribution in [1.29, 1.82) is 0 Å². The van der Waals surface area contributed by atoms with E-state index < -0.39 is 0 Å². The Hall–Kier alpha value is -0.930. The van der Waals surface area contributed by atoms with Crippen LogP contribution >= 0.6 is 23.2 Å². The molecule has 1 aromatic rings. The number of likely N-dealkylation sites (tertiary alicyclic amines) is 1. The molecule has 19 heavy (non-hydrogen) atoms. The van der Waals surface area contributed by atoms with Gasteiger partial charge in [0, 0.05) is 13.1 Å². The zero-order valence-corrected chi connectivity index (χ0v) is 12.2. The third kappa shape index (κ3) is 2.67. The fourth-order valence-electron chi connectivity index (χ4n) is 2.55. The zero-order valence-electron chi connectivity index (χ0n) is 10.6. The van der Waals surface area contributed by atoms with Crippen LogP contribution in [0.15, 0.2) is 23.2 Å². The van der Waals surface area contributed by atoms with Crippen molar-refractivity contribution in [2.75, 3.05) is 13.1 Å². The Morgan fingerprint density at radius 3 is 2.53 bits per heavy atom. The average molecular weight is 298 g/mol. The summed E-state index contributed by atoms with van der Waals surface area (Å²) in [5, 5.41) is 1.24. The van der Waals surface area contributed by atoms with Crippen molar-refractivity contribution in [3.63, 3.8) is 0 Å². The number of hydrogen-bond donors (Lipinski definition) is 1. The molecule has 3 nitrogen and oxygen atoms in total. The molecule has 2 N–H and O–H groups in total. The predicted octanol–water partition coefficient (Wildman–Crippen LogP) is 3.26. The lowest BCUT2D eigenvalue weighted by Gasteiger charge is -2.36. The summed E-state index contributed by atoms with van der Waals surface area (Å²) in [6, 6.07) is 6.25. The van der Waals surface area contributed by atoms with Crippen molar-refractivity contribution in [1.82, 2.24) is 4.90 Å². The highest BCUT2D eigenvalue weighted by Crippen LogP contribution is 2.40. The Morgan fingerprint density at radius 2 is 1.95 bits per heavy atom. The normalized spacial score (nSPS) is 26.8. The Balaban J connectivity index is 1.58. The SMILES string of the molecule is NC(=NC1CC(c2ccc(Cl)c(Cl)c2)C1)N1CCC1. The van der Waals surface area contributed by atoms with Crippen LogP contribution < -0.4 is 5.73 Å². The van der Waals surface area contributed by atoms with Crippen LogP contribution in [0.2, 0.25) is 10.0 Å². The van der Waals surface area contributed by atoms with E-state index in [0.717, 1.165) is 25.9 Å². The van der Waals surface area contributed by atoms with Crippen molar-refractivity contribution in [3.8, 4) is 0 Å². The maximum atomic E-state index is 6.04. The molecule has 0 amide bonds. The van der Waals surface area contributed by atoms with Crippen molar-refractivity contribution in [3.05, 3.63) is 33.8 Å². The van der Waals surface area contributed by atoms with Gasteiger partial charge in [0.1, 0.15) is 0 Å². The molecule has 1 saturated heterocycles. The fourth-order valence-corrected chi connectivity index (χ4v) is 2.85. The molecule has 1 saturated carbocycles. The van der Waals surface area contributed by atoms with Crippen LogP contribution in [-0.4, -0.2) is 30.0 Å². The number of rotatable bonds is 2. The number of aliphatic imine (C=N–C) groups is 1. The summed E-state index contributed by atoms with van der Waals surface area (Å²) in [5.41, 5.74) is 7.21. The fraction of sp³-hybridized carbons (Fsp3) is 0.500. The number of nitrogens with two attached hydrogens (primary N) is 1. The molecule has 2 aliphatic rings. The second-order valence-electron chi connectivity index (χ2n) is 5.32. The van der Waals surface area contributed by atoms with E-state index in [-0.39, 0.29) is 0 Å². The number of guanidine groups is 1. The smallest absolute Gasteiger partial charge is 0.191 e. The van der Waals surface area contributed by atoms with E-state index in [1.807, 2.05) is 12.1 Å². The van der Waals surface area contributed by atoms with E-state index >= 15 is 0 Å². The molecular formula is C14H17Cl2N3. The van der Waals surface area contributed by atoms with Crippen molar-refractivity contribution in [2.45, 2.75) is 31.2 Å². The third-order valence-electron chi connectivity index (χ3n) is 4.02. The molecule has 0 spiro atoms. The molecule has 1 heterocycles. The summed E-state index contributed by atoms with van der Waals surface area (Å²) in [4.78, 5) is 6.71. The number of benzene rings is 1. The Kier molecular flexibility index (Phi) is 3.59. The van der Waals surface area contributed by atoms with Crippen LogP contribution in [0, 0.1) is 0 Å². The lowest BCUT2D eigenvalue weighted by molar-refractivity contribution is 0.286. The van der Waals surface area contributed by atoms with E-state index in [4.69, 9.17) is 28.9 Å². The molecule has 2 fully saturated rings. The first-order chi connectivity index (χ1) is 9.13. The molecule has 1 aromatic carbocycles. The van der Waals surface area contributed by atoms with E-state index in [1.54, 1.807) is 0 Å². The van der Waals surface area contributed by atoms with Crippen LogP contribution in [0.25, 0.3) is 0 Å². The maximum Gasteiger partial charge on any atom is 0.191 e. The molecule has 0 aromatic heterocycles. The van der Waals surface area contributed by atoms with Crippen LogP contribution in [-0.2, 0) is 0 Å². The first kappa shape index (κ1) is 13.1. The summed E-state index contributed by atoms with van der Waals surface area (Å²) in [7, 11) is 0. The van der Waals surface area contributed by atoms with Crippen LogP contribution in [0.1, 0.15) is 30.7 Å². The number of halogens is 2. The predicted molar refractivity (Wildman–Crippen MR) is 80.0 cm³/mol. The number of hydrogen-bond acceptors (Lipinski definition) is 1. The third-order valence-corrected chi connectivity index (χ3v) is 4.76. The minimum atomic E-state index is 0.361. The van der Waals surface area contributed by atoms with Crippen molar-refractivity contribution >= 4 is 29.2 Å². The van der Waals surface area contributed by atoms with E-state index in [9.17, 15) is 0 Å². The van der Waals surface area contributed by atoms with Gasteiger partial charge >= 0.3 is 0 Å². The van der Waals surface area contributed by atoms with E-state index in [0.29, 0.717) is 28.0 Å². The highest BCUT2D eigenvalue weighted by molar-refractivity contribution is 6.42. The van der Waals surface area contributed by atoms with Crippen LogP contribution in [0.3, 0.4) is 0 Å². The highest BCUT2D eigenvalue weighted by Gasteiger charge is 2.31. The summed E-state index contributed by atoms with van der Waals surface area (Å²) >= 11 is 12.0. The van der Waals surface area contributed by atoms with Crippen molar-refractivity contribution < 1.29 is 0 Å². The zero-order chi connectivity index (χ0) is 13.4. The quantitative estimate of drug-likeness (QED) is 0.672. The van der Waals surface area contributed by atoms with E-state index in [1.165, 1.54) is 12.0 Å². The largest absolute Gasteiger partial charge is 0.370 e. The van der Waals surface area contributed by atoms with Gasteiger partial charge in [-0.3, -0.25) is 0 Å². The van der Waals surface area contributed by atoms with Gasteiger partial charge in [0.2, 0.25) is 0 Å². The van der Waals surface area contributed by atoms with Gasteiger partial charge in [-0.25, -0.2) is 4.99 Å². The Morgan fingerprint density at radius 1 is 1.21 bits per heavy atom. The van der Waals surface area contributed by atoms with Crippen LogP contribution in [0.5, 0.6) is 0 Å². The van der Waals surface area contributed by atoms with Gasteiger partial charge in [0.15, 0.2) is 5.96 Å². The second-order valence-corrected chi connectivity index (χ2v) is 6.14. The first-order valence-corrected chi connectivity index (χ1v) is 7.42. The van der Waals surface area contributed by atoms with Gasteiger partial charge in [-0.05, 0) is 42.9 Å². The summed E-state index contributed by atoms with van der Waals surface area (Å²) in [6.45, 7) is 2.11. The van der Waals surface area contributed by atoms with Gasteiger partial charge in [0.05, 0.1) is 16.1 Å². The molecule has 1 aliphatic carbocycles. The summed E-state index contributed by atoms with van der Waals surface area (Å²) in [6.07, 6.45) is 3.33. The average Bonchev–Trinajstić information content (AvgIpc) is 2.24. The monoisotopic (exact) mass is 297 g/mol.